The van der Waals surface area contributed by atoms with Crippen molar-refractivity contribution in [2.45, 2.75) is 77.6 Å². The molecular formula is C21H28N2O4S2. The number of fused-ring (bicyclic) bond motifs is 4. The van der Waals surface area contributed by atoms with E-state index in [0.29, 0.717) is 17.6 Å². The maximum absolute atomic E-state index is 12.6. The van der Waals surface area contributed by atoms with Crippen molar-refractivity contribution in [3.63, 3.8) is 0 Å². The molecule has 3 heterocycles. The summed E-state index contributed by atoms with van der Waals surface area (Å²) in [7, 11) is 1.66. The molecule has 4 amide bonds. The van der Waals surface area contributed by atoms with E-state index in [1.165, 1.54) is 57.1 Å². The van der Waals surface area contributed by atoms with Crippen LogP contribution in [0, 0.1) is 5.92 Å². The average Bonchev–Trinajstić information content (AvgIpc) is 3.14. The van der Waals surface area contributed by atoms with Gasteiger partial charge in [-0.2, -0.15) is 0 Å². The number of nitrogens with zero attached hydrogens (tertiary/aromatic N) is 2. The fraction of sp³-hybridized carbons (Fsp3) is 0.619. The van der Waals surface area contributed by atoms with Crippen LogP contribution >= 0.6 is 22.0 Å². The summed E-state index contributed by atoms with van der Waals surface area (Å²) >= 11 is 0. The van der Waals surface area contributed by atoms with Crippen LogP contribution in [-0.4, -0.2) is 32.2 Å². The SMILES string of the molecule is CCCCCCCCCCCCC1C2=CC(=O)N(SSN3C(=O)C=C1C3=O)C2=O. The van der Waals surface area contributed by atoms with Crippen molar-refractivity contribution in [2.24, 2.45) is 5.92 Å². The lowest BCUT2D eigenvalue weighted by Gasteiger charge is -2.17. The fourth-order valence-corrected chi connectivity index (χ4v) is 5.94. The molecule has 3 rings (SSSR count). The van der Waals surface area contributed by atoms with Gasteiger partial charge in [0.05, 0.1) is 22.0 Å². The second-order valence-electron chi connectivity index (χ2n) is 7.75. The lowest BCUT2D eigenvalue weighted by Crippen LogP contribution is -2.25. The first-order valence-electron chi connectivity index (χ1n) is 10.6. The number of hydrogen-bond acceptors (Lipinski definition) is 6. The van der Waals surface area contributed by atoms with E-state index < -0.39 is 17.7 Å². The third kappa shape index (κ3) is 5.15. The Morgan fingerprint density at radius 3 is 1.55 bits per heavy atom. The highest BCUT2D eigenvalue weighted by Crippen LogP contribution is 2.44. The largest absolute Gasteiger partial charge is 0.268 e. The smallest absolute Gasteiger partial charge is 0.268 e. The van der Waals surface area contributed by atoms with Crippen LogP contribution in [0.4, 0.5) is 0 Å². The number of carbonyl (C=O) groups is 4. The predicted octanol–water partition coefficient (Wildman–Crippen LogP) is 4.73. The maximum atomic E-state index is 12.6. The molecule has 0 saturated carbocycles. The van der Waals surface area contributed by atoms with E-state index in [2.05, 4.69) is 6.92 Å². The average molecular weight is 437 g/mol. The summed E-state index contributed by atoms with van der Waals surface area (Å²) < 4.78 is 2.07. The fourth-order valence-electron chi connectivity index (χ4n) is 3.96. The van der Waals surface area contributed by atoms with Gasteiger partial charge in [-0.1, -0.05) is 71.1 Å². The Morgan fingerprint density at radius 2 is 1.10 bits per heavy atom. The van der Waals surface area contributed by atoms with E-state index in [9.17, 15) is 19.2 Å². The number of hydrogen-bond donors (Lipinski definition) is 0. The summed E-state index contributed by atoms with van der Waals surface area (Å²) in [5.41, 5.74) is 0.686. The van der Waals surface area contributed by atoms with Crippen molar-refractivity contribution in [1.29, 1.82) is 0 Å². The lowest BCUT2D eigenvalue weighted by molar-refractivity contribution is -0.132. The second-order valence-corrected chi connectivity index (χ2v) is 9.67. The highest BCUT2D eigenvalue weighted by molar-refractivity contribution is 8.75. The minimum Gasteiger partial charge on any atom is -0.268 e. The maximum Gasteiger partial charge on any atom is 0.268 e. The summed E-state index contributed by atoms with van der Waals surface area (Å²) in [6, 6.07) is 0. The molecule has 0 aromatic rings. The molecule has 0 atom stereocenters. The van der Waals surface area contributed by atoms with Gasteiger partial charge in [0, 0.05) is 29.2 Å². The Balaban J connectivity index is 1.53. The molecule has 1 saturated heterocycles. The molecule has 0 spiro atoms. The molecule has 158 valence electrons. The summed E-state index contributed by atoms with van der Waals surface area (Å²) in [4.78, 5) is 49.6. The van der Waals surface area contributed by atoms with E-state index in [0.717, 1.165) is 49.8 Å². The Morgan fingerprint density at radius 1 is 0.690 bits per heavy atom. The topological polar surface area (TPSA) is 74.8 Å². The zero-order chi connectivity index (χ0) is 20.8. The molecule has 0 unspecified atom stereocenters. The quantitative estimate of drug-likeness (QED) is 0.202. The van der Waals surface area contributed by atoms with Crippen molar-refractivity contribution in [3.05, 3.63) is 23.3 Å². The lowest BCUT2D eigenvalue weighted by atomic mass is 9.86. The zero-order valence-electron chi connectivity index (χ0n) is 16.9. The van der Waals surface area contributed by atoms with Gasteiger partial charge in [0.1, 0.15) is 0 Å². The van der Waals surface area contributed by atoms with Gasteiger partial charge < -0.3 is 0 Å². The summed E-state index contributed by atoms with van der Waals surface area (Å²) in [6.07, 6.45) is 15.2. The molecule has 0 aliphatic carbocycles. The highest BCUT2D eigenvalue weighted by Gasteiger charge is 2.45. The third-order valence-corrected chi connectivity index (χ3v) is 7.75. The minimum atomic E-state index is -0.480. The van der Waals surface area contributed by atoms with Crippen molar-refractivity contribution in [1.82, 2.24) is 8.61 Å². The molecule has 29 heavy (non-hydrogen) atoms. The van der Waals surface area contributed by atoms with E-state index >= 15 is 0 Å². The summed E-state index contributed by atoms with van der Waals surface area (Å²) in [5, 5.41) is 0. The van der Waals surface area contributed by atoms with Gasteiger partial charge in [-0.25, -0.2) is 8.61 Å². The number of carbonyl (C=O) groups excluding carboxylic acids is 4. The van der Waals surface area contributed by atoms with Gasteiger partial charge in [-0.05, 0) is 6.42 Å². The van der Waals surface area contributed by atoms with Crippen LogP contribution in [0.5, 0.6) is 0 Å². The van der Waals surface area contributed by atoms with E-state index in [1.807, 2.05) is 0 Å². The molecule has 3 aliphatic heterocycles. The predicted molar refractivity (Wildman–Crippen MR) is 115 cm³/mol. The molecule has 1 fully saturated rings. The van der Waals surface area contributed by atoms with Gasteiger partial charge >= 0.3 is 0 Å². The Hall–Kier alpha value is -1.54. The van der Waals surface area contributed by atoms with Crippen LogP contribution < -0.4 is 0 Å². The molecule has 4 bridgehead atoms. The van der Waals surface area contributed by atoms with Crippen molar-refractivity contribution in [2.75, 3.05) is 0 Å². The standard InChI is InChI=1S/C21H28N2O4S2/c1-2-3-4-5-6-7-8-9-10-11-12-15-16-13-18(24)22(20(16)26)28-29-23-19(25)14-17(15)21(23)27/h13-15H,2-12H2,1H3. The first-order chi connectivity index (χ1) is 14.0. The number of unbranched alkanes of at least 4 members (excludes halogenated alkanes) is 9. The minimum absolute atomic E-state index is 0.343. The molecule has 0 aromatic carbocycles. The number of rotatable bonds is 11. The molecule has 0 radical (unpaired) electrons. The van der Waals surface area contributed by atoms with Crippen molar-refractivity contribution in [3.8, 4) is 0 Å². The van der Waals surface area contributed by atoms with E-state index in [-0.39, 0.29) is 11.8 Å². The number of imide groups is 2. The molecule has 0 aromatic heterocycles. The Bertz CT molecular complexity index is 697. The molecular weight excluding hydrogens is 408 g/mol. The van der Waals surface area contributed by atoms with Gasteiger partial charge in [0.15, 0.2) is 0 Å². The second kappa shape index (κ2) is 10.5. The normalized spacial score (nSPS) is 19.5. The number of amides is 4. The third-order valence-electron chi connectivity index (χ3n) is 5.60. The first kappa shape index (κ1) is 22.2. The van der Waals surface area contributed by atoms with Crippen LogP contribution in [0.2, 0.25) is 0 Å². The summed E-state index contributed by atoms with van der Waals surface area (Å²) in [5.74, 6) is -1.98. The van der Waals surface area contributed by atoms with Crippen LogP contribution in [0.1, 0.15) is 77.6 Å². The molecule has 3 aliphatic rings. The Labute approximate surface area is 180 Å². The van der Waals surface area contributed by atoms with Crippen LogP contribution in [-0.2, 0) is 19.2 Å². The highest BCUT2D eigenvalue weighted by atomic mass is 33.1. The van der Waals surface area contributed by atoms with Gasteiger partial charge in [0.25, 0.3) is 23.6 Å². The van der Waals surface area contributed by atoms with Crippen molar-refractivity contribution < 1.29 is 19.2 Å². The van der Waals surface area contributed by atoms with Crippen molar-refractivity contribution >= 4 is 45.6 Å². The van der Waals surface area contributed by atoms with Gasteiger partial charge in [-0.15, -0.1) is 0 Å². The zero-order valence-corrected chi connectivity index (χ0v) is 18.5. The molecule has 0 N–H and O–H groups in total. The van der Waals surface area contributed by atoms with Crippen LogP contribution in [0.25, 0.3) is 0 Å². The van der Waals surface area contributed by atoms with Gasteiger partial charge in [0.2, 0.25) is 0 Å². The monoisotopic (exact) mass is 436 g/mol. The first-order valence-corrected chi connectivity index (χ1v) is 12.7. The molecule has 6 nitrogen and oxygen atoms in total. The summed E-state index contributed by atoms with van der Waals surface area (Å²) in [6.45, 7) is 2.22. The Kier molecular flexibility index (Phi) is 8.00. The van der Waals surface area contributed by atoms with Gasteiger partial charge in [-0.3, -0.25) is 19.2 Å². The van der Waals surface area contributed by atoms with E-state index in [4.69, 9.17) is 0 Å². The van der Waals surface area contributed by atoms with E-state index in [1.54, 1.807) is 0 Å². The van der Waals surface area contributed by atoms with Crippen LogP contribution in [0.3, 0.4) is 0 Å². The molecule has 8 heteroatoms. The van der Waals surface area contributed by atoms with Crippen LogP contribution in [0.15, 0.2) is 23.3 Å².